The summed E-state index contributed by atoms with van der Waals surface area (Å²) in [6, 6.07) is 32.9. The molecule has 1 aliphatic carbocycles. The van der Waals surface area contributed by atoms with Crippen LogP contribution in [-0.2, 0) is 42.7 Å². The largest absolute Gasteiger partial charge is 0.458 e. The van der Waals surface area contributed by atoms with E-state index in [2.05, 4.69) is 122 Å². The van der Waals surface area contributed by atoms with E-state index >= 15 is 4.79 Å². The second-order valence-corrected chi connectivity index (χ2v) is 31.6. The second-order valence-electron chi connectivity index (χ2n) is 27.5. The van der Waals surface area contributed by atoms with Crippen LogP contribution in [0.5, 0.6) is 0 Å². The molecule has 16 heteroatoms. The fourth-order valence-corrected chi connectivity index (χ4v) is 20.7. The van der Waals surface area contributed by atoms with E-state index in [4.69, 9.17) is 33.2 Å². The first-order valence-corrected chi connectivity index (χ1v) is 34.8. The number of ether oxygens (including phenoxy) is 7. The van der Waals surface area contributed by atoms with Crippen molar-refractivity contribution < 1.29 is 57.8 Å². The van der Waals surface area contributed by atoms with E-state index in [-0.39, 0.29) is 36.9 Å². The summed E-state index contributed by atoms with van der Waals surface area (Å²) in [5.74, 6) is -3.20. The Bertz CT molecular complexity index is 2500. The van der Waals surface area contributed by atoms with Crippen molar-refractivity contribution in [2.75, 3.05) is 47.5 Å². The van der Waals surface area contributed by atoms with Gasteiger partial charge in [-0.25, -0.2) is 4.79 Å². The summed E-state index contributed by atoms with van der Waals surface area (Å²) in [6.07, 6.45) is 5.38. The SMILES string of the molecule is CC[C@@]12C[C@@]1(C)[C@H](OC(=O)NCCCCCCCCCC[PH](c1ccccc1)(c1ccccc1)c1ccccc1)[C@@H](C)N(C)C[C@H](C)C[C@@](C)(O)[C@H](O[C@@H]1O[C@H](C)C[C@H](N(C)C)[C@H]1OC(C)=O)[C@@H](C)C([C@H]1C[C@@](C)(OC)[C@@H](O)[C@H](C)O1)[C@@H](C)C(=O)O2. The Labute approximate surface area is 517 Å². The van der Waals surface area contributed by atoms with E-state index in [0.717, 1.165) is 25.7 Å². The van der Waals surface area contributed by atoms with Crippen LogP contribution in [0.4, 0.5) is 4.79 Å². The fraction of sp³-hybridized carbons (Fsp3) is 0.700. The van der Waals surface area contributed by atoms with Gasteiger partial charge in [-0.3, -0.25) is 14.5 Å². The second kappa shape index (κ2) is 30.2. The van der Waals surface area contributed by atoms with Crippen molar-refractivity contribution in [2.45, 2.75) is 238 Å². The van der Waals surface area contributed by atoms with Gasteiger partial charge in [-0.2, -0.15) is 0 Å². The Hall–Kier alpha value is -4.02. The molecule has 3 aliphatic heterocycles. The number of carbonyl (C=O) groups is 3. The fourth-order valence-electron chi connectivity index (χ4n) is 15.8. The van der Waals surface area contributed by atoms with Gasteiger partial charge >= 0.3 is 202 Å². The topological polar surface area (TPSA) is 175 Å². The maximum atomic E-state index is 15.3. The summed E-state index contributed by atoms with van der Waals surface area (Å²) in [7, 11) is 5.22. The number of nitrogens with zero attached hydrogens (tertiary/aromatic N) is 2. The number of carbonyl (C=O) groups excluding carboxylic acids is 3. The van der Waals surface area contributed by atoms with E-state index in [0.29, 0.717) is 32.4 Å². The van der Waals surface area contributed by atoms with Gasteiger partial charge in [0.2, 0.25) is 0 Å². The normalized spacial score (nSPS) is 36.0. The summed E-state index contributed by atoms with van der Waals surface area (Å²) in [4.78, 5) is 46.4. The molecule has 3 aromatic rings. The van der Waals surface area contributed by atoms with Gasteiger partial charge in [-0.15, -0.1) is 0 Å². The number of hydrogen-bond donors (Lipinski definition) is 3. The third kappa shape index (κ3) is 15.9. The molecule has 3 heterocycles. The molecule has 1 unspecified atom stereocenters. The molecule has 3 N–H and O–H groups in total. The molecule has 0 radical (unpaired) electrons. The summed E-state index contributed by atoms with van der Waals surface area (Å²) in [5, 5.41) is 32.1. The number of amides is 1. The van der Waals surface area contributed by atoms with Crippen LogP contribution in [0.25, 0.3) is 0 Å². The van der Waals surface area contributed by atoms with Gasteiger partial charge in [0.15, 0.2) is 12.4 Å². The van der Waals surface area contributed by atoms with Gasteiger partial charge in [0, 0.05) is 50.8 Å². The number of benzene rings is 3. The van der Waals surface area contributed by atoms with Gasteiger partial charge in [-0.1, -0.05) is 34.6 Å². The van der Waals surface area contributed by atoms with Crippen LogP contribution in [0.15, 0.2) is 91.0 Å². The van der Waals surface area contributed by atoms with Crippen LogP contribution in [0.1, 0.15) is 160 Å². The smallest absolute Gasteiger partial charge is 0.309 e. The molecule has 482 valence electrons. The van der Waals surface area contributed by atoms with Crippen LogP contribution in [0.3, 0.4) is 0 Å². The average Bonchev–Trinajstić information content (AvgIpc) is 1.54. The third-order valence-corrected chi connectivity index (χ3v) is 25.8. The summed E-state index contributed by atoms with van der Waals surface area (Å²) >= 11 is 0. The Morgan fingerprint density at radius 3 is 1.85 bits per heavy atom. The number of aliphatic hydroxyl groups is 2. The van der Waals surface area contributed by atoms with Crippen molar-refractivity contribution in [3.05, 3.63) is 91.0 Å². The van der Waals surface area contributed by atoms with Gasteiger partial charge in [0.05, 0.1) is 47.6 Å². The standard InChI is InChI=1S/C70H110N3O12P/c1-16-70-46-67(70,9)63(84-66(77)71-40-32-21-19-17-18-20-22-33-41-86(54-34-26-23-27-35-54,55-36-28-24-29-37-55)56-38-30-25-31-39-56)51(6)73(14)45-47(2)43-68(10,78)62(83-65-60(82-53(8)74)57(72(12)13)42-48(3)80-65)49(4)59(50(5)64(76)85-70)58-44-69(11,79-15)61(75)52(7)81-58/h23-31,34-39,47-52,57-63,65,75,78,86H,16-22,32-33,40-46H2,1-15H3,(H,71,77)/t47-,48-,49+,50-,51-,52+,57+,58-,59?,60-,61+,62-,63-,65+,67+,68-,69-,70-/m1/s1. The molecule has 3 aromatic carbocycles. The van der Waals surface area contributed by atoms with Gasteiger partial charge < -0.3 is 48.3 Å². The molecule has 1 saturated carbocycles. The maximum Gasteiger partial charge on any atom is 0.309 e. The Balaban J connectivity index is 1.03. The van der Waals surface area contributed by atoms with Crippen molar-refractivity contribution in [1.82, 2.24) is 15.1 Å². The predicted molar refractivity (Wildman–Crippen MR) is 344 cm³/mol. The summed E-state index contributed by atoms with van der Waals surface area (Å²) in [6.45, 7) is 21.8. The number of rotatable bonds is 22. The molecular formula is C70H110N3O12P. The van der Waals surface area contributed by atoms with E-state index in [1.165, 1.54) is 54.7 Å². The van der Waals surface area contributed by atoms with E-state index in [1.807, 2.05) is 60.7 Å². The molecule has 15 nitrogen and oxygen atoms in total. The average molecular weight is 1220 g/mol. The Kier molecular flexibility index (Phi) is 24.4. The van der Waals surface area contributed by atoms with Crippen LogP contribution in [0.2, 0.25) is 0 Å². The molecule has 0 aromatic heterocycles. The van der Waals surface area contributed by atoms with Crippen molar-refractivity contribution >= 4 is 41.2 Å². The quantitative estimate of drug-likeness (QED) is 0.0375. The zero-order valence-electron chi connectivity index (χ0n) is 54.9. The van der Waals surface area contributed by atoms with E-state index < -0.39 is 108 Å². The molecule has 3 saturated heterocycles. The number of likely N-dealkylation sites (N-methyl/N-ethyl adjacent to an activating group) is 2. The number of hydrogen-bond acceptors (Lipinski definition) is 14. The Morgan fingerprint density at radius 1 is 0.779 bits per heavy atom. The minimum absolute atomic E-state index is 0.130. The zero-order valence-corrected chi connectivity index (χ0v) is 55.9. The monoisotopic (exact) mass is 1220 g/mol. The van der Waals surface area contributed by atoms with Crippen LogP contribution in [0, 0.1) is 29.1 Å². The molecule has 86 heavy (non-hydrogen) atoms. The first-order valence-electron chi connectivity index (χ1n) is 32.6. The maximum absolute atomic E-state index is 15.3. The van der Waals surface area contributed by atoms with Gasteiger partial charge in [-0.05, 0) is 86.9 Å². The number of methoxy groups -OCH3 is 1. The van der Waals surface area contributed by atoms with Gasteiger partial charge in [0.25, 0.3) is 0 Å². The zero-order chi connectivity index (χ0) is 62.8. The molecule has 7 rings (SSSR count). The number of esters is 2. The van der Waals surface area contributed by atoms with Crippen molar-refractivity contribution in [3.8, 4) is 0 Å². The van der Waals surface area contributed by atoms with Crippen LogP contribution >= 0.6 is 7.26 Å². The summed E-state index contributed by atoms with van der Waals surface area (Å²) < 4.78 is 46.0. The first-order chi connectivity index (χ1) is 40.8. The molecule has 4 fully saturated rings. The van der Waals surface area contributed by atoms with Crippen LogP contribution < -0.4 is 21.2 Å². The number of alkyl carbamates (subject to hydrolysis) is 1. The number of unbranched alkanes of at least 4 members (excludes halogenated alkanes) is 7. The first kappa shape index (κ1) is 69.5. The minimum Gasteiger partial charge on any atom is -0.458 e. The molecule has 1 amide bonds. The summed E-state index contributed by atoms with van der Waals surface area (Å²) in [5.41, 5.74) is -4.30. The van der Waals surface area contributed by atoms with Crippen LogP contribution in [-0.4, -0.2) is 163 Å². The van der Waals surface area contributed by atoms with Crippen molar-refractivity contribution in [1.29, 1.82) is 0 Å². The molecule has 4 aliphatic rings. The molecule has 0 spiro atoms. The number of nitrogens with one attached hydrogen (secondary N) is 1. The van der Waals surface area contributed by atoms with Gasteiger partial charge in [0.1, 0.15) is 17.8 Å². The predicted octanol–water partition coefficient (Wildman–Crippen LogP) is 10.4. The van der Waals surface area contributed by atoms with Crippen molar-refractivity contribution in [2.24, 2.45) is 29.1 Å². The van der Waals surface area contributed by atoms with E-state index in [1.54, 1.807) is 21.0 Å². The van der Waals surface area contributed by atoms with Crippen molar-refractivity contribution in [3.63, 3.8) is 0 Å². The third-order valence-electron chi connectivity index (χ3n) is 20.8. The minimum atomic E-state index is -2.23. The Morgan fingerprint density at radius 2 is 1.33 bits per heavy atom. The number of fused-ring (bicyclic) bond motifs is 1. The molecular weight excluding hydrogens is 1110 g/mol. The molecule has 18 atom stereocenters. The van der Waals surface area contributed by atoms with E-state index in [9.17, 15) is 19.8 Å². The molecule has 0 bridgehead atoms. The number of aliphatic hydroxyl groups excluding tert-OH is 1.